The van der Waals surface area contributed by atoms with Crippen molar-refractivity contribution in [1.29, 1.82) is 0 Å². The Kier molecular flexibility index (Phi) is 4.42. The van der Waals surface area contributed by atoms with Crippen molar-refractivity contribution in [3.05, 3.63) is 11.1 Å². The minimum absolute atomic E-state index is 0.460. The Labute approximate surface area is 97.5 Å². The SMILES string of the molecule is CCCc1csc(NC(=O)C(C)C(=O)O)n1. The second kappa shape index (κ2) is 5.60. The van der Waals surface area contributed by atoms with Gasteiger partial charge in [0.25, 0.3) is 0 Å². The van der Waals surface area contributed by atoms with Gasteiger partial charge in [-0.1, -0.05) is 13.3 Å². The maximum atomic E-state index is 11.4. The lowest BCUT2D eigenvalue weighted by atomic mass is 10.2. The van der Waals surface area contributed by atoms with Crippen molar-refractivity contribution < 1.29 is 14.7 Å². The van der Waals surface area contributed by atoms with E-state index in [2.05, 4.69) is 10.3 Å². The van der Waals surface area contributed by atoms with Crippen LogP contribution in [0.15, 0.2) is 5.38 Å². The van der Waals surface area contributed by atoms with E-state index >= 15 is 0 Å². The van der Waals surface area contributed by atoms with Gasteiger partial charge in [0.15, 0.2) is 5.13 Å². The molecule has 0 radical (unpaired) electrons. The highest BCUT2D eigenvalue weighted by Gasteiger charge is 2.21. The molecule has 0 saturated heterocycles. The maximum Gasteiger partial charge on any atom is 0.315 e. The number of nitrogens with one attached hydrogen (secondary N) is 1. The van der Waals surface area contributed by atoms with Gasteiger partial charge in [0.05, 0.1) is 5.69 Å². The number of aliphatic carboxylic acids is 1. The molecule has 0 spiro atoms. The number of aryl methyl sites for hydroxylation is 1. The standard InChI is InChI=1S/C10H14N2O3S/c1-3-4-7-5-16-10(11-7)12-8(13)6(2)9(14)15/h5-6H,3-4H2,1-2H3,(H,14,15)(H,11,12,13). The second-order valence-corrected chi connectivity index (χ2v) is 4.30. The van der Waals surface area contributed by atoms with Gasteiger partial charge >= 0.3 is 5.97 Å². The van der Waals surface area contributed by atoms with E-state index < -0.39 is 17.8 Å². The van der Waals surface area contributed by atoms with E-state index in [4.69, 9.17) is 5.11 Å². The minimum Gasteiger partial charge on any atom is -0.481 e. The van der Waals surface area contributed by atoms with Crippen LogP contribution in [0.4, 0.5) is 5.13 Å². The molecule has 1 aromatic rings. The van der Waals surface area contributed by atoms with E-state index in [1.807, 2.05) is 12.3 Å². The number of hydrogen-bond acceptors (Lipinski definition) is 4. The molecule has 0 aliphatic rings. The van der Waals surface area contributed by atoms with Crippen LogP contribution in [-0.4, -0.2) is 22.0 Å². The summed E-state index contributed by atoms with van der Waals surface area (Å²) in [6, 6.07) is 0. The van der Waals surface area contributed by atoms with Gasteiger partial charge in [0.1, 0.15) is 5.92 Å². The molecule has 2 N–H and O–H groups in total. The molecule has 1 unspecified atom stereocenters. The summed E-state index contributed by atoms with van der Waals surface area (Å²) < 4.78 is 0. The fourth-order valence-electron chi connectivity index (χ4n) is 1.06. The summed E-state index contributed by atoms with van der Waals surface area (Å²) in [6.07, 6.45) is 1.85. The number of nitrogens with zero attached hydrogens (tertiary/aromatic N) is 1. The molecule has 0 fully saturated rings. The number of carbonyl (C=O) groups is 2. The Morgan fingerprint density at radius 2 is 2.31 bits per heavy atom. The number of carboxylic acids is 1. The van der Waals surface area contributed by atoms with Crippen molar-refractivity contribution in [3.63, 3.8) is 0 Å². The Balaban J connectivity index is 2.59. The highest BCUT2D eigenvalue weighted by Crippen LogP contribution is 2.17. The Morgan fingerprint density at radius 3 is 2.88 bits per heavy atom. The zero-order chi connectivity index (χ0) is 12.1. The summed E-state index contributed by atoms with van der Waals surface area (Å²) in [5.74, 6) is -2.73. The average molecular weight is 242 g/mol. The first-order valence-corrected chi connectivity index (χ1v) is 5.90. The van der Waals surface area contributed by atoms with E-state index in [1.54, 1.807) is 0 Å². The molecule has 16 heavy (non-hydrogen) atoms. The van der Waals surface area contributed by atoms with Gasteiger partial charge in [0, 0.05) is 5.38 Å². The summed E-state index contributed by atoms with van der Waals surface area (Å²) in [7, 11) is 0. The number of hydrogen-bond donors (Lipinski definition) is 2. The lowest BCUT2D eigenvalue weighted by Crippen LogP contribution is -2.26. The predicted octanol–water partition coefficient (Wildman–Crippen LogP) is 1.75. The van der Waals surface area contributed by atoms with E-state index in [1.165, 1.54) is 18.3 Å². The van der Waals surface area contributed by atoms with E-state index in [0.29, 0.717) is 5.13 Å². The summed E-state index contributed by atoms with van der Waals surface area (Å²) in [5, 5.41) is 13.5. The third kappa shape index (κ3) is 3.30. The summed E-state index contributed by atoms with van der Waals surface area (Å²) in [6.45, 7) is 3.39. The molecule has 0 aliphatic carbocycles. The molecule has 1 atom stereocenters. The molecule has 1 aromatic heterocycles. The van der Waals surface area contributed by atoms with Crippen LogP contribution in [0.5, 0.6) is 0 Å². The molecule has 5 nitrogen and oxygen atoms in total. The van der Waals surface area contributed by atoms with Gasteiger partial charge < -0.3 is 10.4 Å². The Morgan fingerprint density at radius 1 is 1.62 bits per heavy atom. The average Bonchev–Trinajstić information content (AvgIpc) is 2.65. The molecule has 1 amide bonds. The monoisotopic (exact) mass is 242 g/mol. The number of anilines is 1. The molecule has 0 saturated carbocycles. The third-order valence-corrected chi connectivity index (χ3v) is 2.86. The quantitative estimate of drug-likeness (QED) is 0.771. The van der Waals surface area contributed by atoms with Crippen LogP contribution in [0.2, 0.25) is 0 Å². The van der Waals surface area contributed by atoms with Gasteiger partial charge in [-0.25, -0.2) is 4.98 Å². The van der Waals surface area contributed by atoms with Crippen LogP contribution >= 0.6 is 11.3 Å². The van der Waals surface area contributed by atoms with Gasteiger partial charge in [-0.3, -0.25) is 9.59 Å². The lowest BCUT2D eigenvalue weighted by molar-refractivity contribution is -0.144. The van der Waals surface area contributed by atoms with E-state index in [-0.39, 0.29) is 0 Å². The number of rotatable bonds is 5. The van der Waals surface area contributed by atoms with Crippen LogP contribution < -0.4 is 5.32 Å². The van der Waals surface area contributed by atoms with Crippen molar-refractivity contribution >= 4 is 28.3 Å². The Bertz CT molecular complexity index is 389. The molecule has 0 aromatic carbocycles. The molecular formula is C10H14N2O3S. The minimum atomic E-state index is -1.14. The molecule has 0 aliphatic heterocycles. The number of aromatic nitrogens is 1. The summed E-state index contributed by atoms with van der Waals surface area (Å²) in [5.41, 5.74) is 0.922. The molecular weight excluding hydrogens is 228 g/mol. The van der Waals surface area contributed by atoms with Crippen molar-refractivity contribution in [3.8, 4) is 0 Å². The van der Waals surface area contributed by atoms with Gasteiger partial charge in [-0.2, -0.15) is 0 Å². The van der Waals surface area contributed by atoms with E-state index in [9.17, 15) is 9.59 Å². The van der Waals surface area contributed by atoms with Crippen LogP contribution in [0, 0.1) is 5.92 Å². The zero-order valence-corrected chi connectivity index (χ0v) is 10.0. The van der Waals surface area contributed by atoms with Crippen LogP contribution in [-0.2, 0) is 16.0 Å². The second-order valence-electron chi connectivity index (χ2n) is 3.44. The number of amides is 1. The van der Waals surface area contributed by atoms with Crippen LogP contribution in [0.25, 0.3) is 0 Å². The molecule has 0 bridgehead atoms. The number of thiazole rings is 1. The normalized spacial score (nSPS) is 12.1. The topological polar surface area (TPSA) is 79.3 Å². The third-order valence-electron chi connectivity index (χ3n) is 2.05. The first-order chi connectivity index (χ1) is 7.54. The lowest BCUT2D eigenvalue weighted by Gasteiger charge is -2.04. The summed E-state index contributed by atoms with van der Waals surface area (Å²) >= 11 is 1.31. The van der Waals surface area contributed by atoms with Crippen molar-refractivity contribution in [2.75, 3.05) is 5.32 Å². The van der Waals surface area contributed by atoms with Crippen molar-refractivity contribution in [2.24, 2.45) is 5.92 Å². The van der Waals surface area contributed by atoms with Crippen LogP contribution in [0.1, 0.15) is 26.0 Å². The van der Waals surface area contributed by atoms with Crippen molar-refractivity contribution in [2.45, 2.75) is 26.7 Å². The zero-order valence-electron chi connectivity index (χ0n) is 9.19. The van der Waals surface area contributed by atoms with Crippen molar-refractivity contribution in [1.82, 2.24) is 4.98 Å². The van der Waals surface area contributed by atoms with Crippen LogP contribution in [0.3, 0.4) is 0 Å². The predicted molar refractivity (Wildman–Crippen MR) is 61.5 cm³/mol. The molecule has 1 heterocycles. The maximum absolute atomic E-state index is 11.4. The van der Waals surface area contributed by atoms with Gasteiger partial charge in [-0.15, -0.1) is 11.3 Å². The Hall–Kier alpha value is -1.43. The highest BCUT2D eigenvalue weighted by molar-refractivity contribution is 7.13. The summed E-state index contributed by atoms with van der Waals surface area (Å²) in [4.78, 5) is 26.1. The first kappa shape index (κ1) is 12.6. The van der Waals surface area contributed by atoms with Gasteiger partial charge in [0.2, 0.25) is 5.91 Å². The largest absolute Gasteiger partial charge is 0.481 e. The molecule has 6 heteroatoms. The first-order valence-electron chi connectivity index (χ1n) is 5.02. The highest BCUT2D eigenvalue weighted by atomic mass is 32.1. The van der Waals surface area contributed by atoms with E-state index in [0.717, 1.165) is 18.5 Å². The number of carbonyl (C=O) groups excluding carboxylic acids is 1. The fourth-order valence-corrected chi connectivity index (χ4v) is 1.81. The number of carboxylic acid groups (broad SMARTS) is 1. The fraction of sp³-hybridized carbons (Fsp3) is 0.500. The molecule has 88 valence electrons. The smallest absolute Gasteiger partial charge is 0.315 e. The van der Waals surface area contributed by atoms with Gasteiger partial charge in [-0.05, 0) is 13.3 Å². The molecule has 1 rings (SSSR count).